The number of nitrogens with one attached hydrogen (secondary N) is 1. The summed E-state index contributed by atoms with van der Waals surface area (Å²) in [6, 6.07) is 7.85. The van der Waals surface area contributed by atoms with Crippen LogP contribution in [0.3, 0.4) is 0 Å². The lowest BCUT2D eigenvalue weighted by Gasteiger charge is -2.20. The van der Waals surface area contributed by atoms with Gasteiger partial charge >= 0.3 is 6.18 Å². The number of nitro groups is 1. The quantitative estimate of drug-likeness (QED) is 0.352. The molecule has 2 aromatic rings. The van der Waals surface area contributed by atoms with Crippen molar-refractivity contribution in [2.45, 2.75) is 36.8 Å². The summed E-state index contributed by atoms with van der Waals surface area (Å²) in [5.41, 5.74) is -2.58. The first kappa shape index (κ1) is 24.6. The van der Waals surface area contributed by atoms with Gasteiger partial charge in [0.2, 0.25) is 10.0 Å². The van der Waals surface area contributed by atoms with Crippen molar-refractivity contribution in [3.05, 3.63) is 63.7 Å². The summed E-state index contributed by atoms with van der Waals surface area (Å²) in [7, 11) is -3.77. The van der Waals surface area contributed by atoms with E-state index < -0.39 is 44.7 Å². The molecule has 0 radical (unpaired) electrons. The van der Waals surface area contributed by atoms with Crippen molar-refractivity contribution in [3.8, 4) is 0 Å². The third-order valence-corrected chi connectivity index (χ3v) is 7.21. The fraction of sp³-hybridized carbons (Fsp3) is 0.381. The number of benzene rings is 2. The summed E-state index contributed by atoms with van der Waals surface area (Å²) >= 11 is 0. The SMILES string of the molecule is O=C(CNc1ccc([N+](=O)[O-])c(C(F)(F)F)c1)c1cccc(S(=O)(=O)N2CCCCCC2)c1. The number of ketones is 1. The molecule has 0 spiro atoms. The predicted octanol–water partition coefficient (Wildman–Crippen LogP) is 4.47. The molecule has 8 nitrogen and oxygen atoms in total. The highest BCUT2D eigenvalue weighted by atomic mass is 32.2. The second-order valence-electron chi connectivity index (χ2n) is 7.61. The summed E-state index contributed by atoms with van der Waals surface area (Å²) in [6.07, 6.45) is -1.52. The molecule has 2 aromatic carbocycles. The zero-order valence-corrected chi connectivity index (χ0v) is 18.3. The lowest BCUT2D eigenvalue weighted by atomic mass is 10.1. The molecule has 0 aromatic heterocycles. The number of hydrogen-bond acceptors (Lipinski definition) is 6. The average Bonchev–Trinajstić information content (AvgIpc) is 3.07. The summed E-state index contributed by atoms with van der Waals surface area (Å²) < 4.78 is 66.7. The molecule has 1 aliphatic heterocycles. The maximum absolute atomic E-state index is 13.1. The molecule has 178 valence electrons. The Hall–Kier alpha value is -2.99. The molecule has 12 heteroatoms. The molecule has 0 amide bonds. The number of sulfonamides is 1. The van der Waals surface area contributed by atoms with Crippen LogP contribution in [0, 0.1) is 10.1 Å². The normalized spacial score (nSPS) is 15.6. The van der Waals surface area contributed by atoms with E-state index >= 15 is 0 Å². The van der Waals surface area contributed by atoms with E-state index in [9.17, 15) is 36.5 Å². The Bertz CT molecular complexity index is 1140. The van der Waals surface area contributed by atoms with E-state index in [2.05, 4.69) is 5.32 Å². The number of halogens is 3. The Morgan fingerprint density at radius 2 is 1.73 bits per heavy atom. The van der Waals surface area contributed by atoms with Gasteiger partial charge in [-0.05, 0) is 37.1 Å². The minimum absolute atomic E-state index is 0.0232. The molecular weight excluding hydrogens is 463 g/mol. The van der Waals surface area contributed by atoms with Gasteiger partial charge in [0.15, 0.2) is 5.78 Å². The molecule has 1 heterocycles. The van der Waals surface area contributed by atoms with Gasteiger partial charge in [-0.25, -0.2) is 8.42 Å². The Labute approximate surface area is 188 Å². The van der Waals surface area contributed by atoms with Gasteiger partial charge in [-0.3, -0.25) is 14.9 Å². The molecule has 0 bridgehead atoms. The van der Waals surface area contributed by atoms with Crippen LogP contribution in [0.2, 0.25) is 0 Å². The van der Waals surface area contributed by atoms with Gasteiger partial charge in [-0.2, -0.15) is 17.5 Å². The van der Waals surface area contributed by atoms with Crippen molar-refractivity contribution in [2.24, 2.45) is 0 Å². The predicted molar refractivity (Wildman–Crippen MR) is 115 cm³/mol. The molecule has 1 aliphatic rings. The Balaban J connectivity index is 1.76. The second-order valence-corrected chi connectivity index (χ2v) is 9.55. The van der Waals surface area contributed by atoms with Crippen LogP contribution < -0.4 is 5.32 Å². The number of carbonyl (C=O) groups is 1. The third-order valence-electron chi connectivity index (χ3n) is 5.31. The van der Waals surface area contributed by atoms with Gasteiger partial charge < -0.3 is 5.32 Å². The number of alkyl halides is 3. The molecule has 1 saturated heterocycles. The smallest absolute Gasteiger partial charge is 0.378 e. The van der Waals surface area contributed by atoms with Crippen molar-refractivity contribution >= 4 is 27.2 Å². The van der Waals surface area contributed by atoms with Crippen molar-refractivity contribution in [1.29, 1.82) is 0 Å². The number of rotatable bonds is 7. The first-order valence-electron chi connectivity index (χ1n) is 10.2. The topological polar surface area (TPSA) is 110 Å². The number of hydrogen-bond donors (Lipinski definition) is 1. The van der Waals surface area contributed by atoms with E-state index in [1.54, 1.807) is 0 Å². The van der Waals surface area contributed by atoms with Crippen LogP contribution in [0.1, 0.15) is 41.6 Å². The lowest BCUT2D eigenvalue weighted by Crippen LogP contribution is -2.32. The molecule has 1 N–H and O–H groups in total. The molecule has 0 atom stereocenters. The number of anilines is 1. The molecule has 3 rings (SSSR count). The van der Waals surface area contributed by atoms with Gasteiger partial charge in [0, 0.05) is 30.4 Å². The van der Waals surface area contributed by atoms with E-state index in [-0.39, 0.29) is 16.1 Å². The van der Waals surface area contributed by atoms with E-state index in [4.69, 9.17) is 0 Å². The first-order chi connectivity index (χ1) is 15.5. The van der Waals surface area contributed by atoms with Crippen LogP contribution in [0.4, 0.5) is 24.5 Å². The minimum atomic E-state index is -4.94. The zero-order valence-electron chi connectivity index (χ0n) is 17.5. The molecule has 0 saturated carbocycles. The van der Waals surface area contributed by atoms with Crippen LogP contribution >= 0.6 is 0 Å². The van der Waals surface area contributed by atoms with Crippen LogP contribution in [-0.4, -0.2) is 43.1 Å². The van der Waals surface area contributed by atoms with Crippen molar-refractivity contribution in [1.82, 2.24) is 4.31 Å². The average molecular weight is 485 g/mol. The van der Waals surface area contributed by atoms with Crippen molar-refractivity contribution in [2.75, 3.05) is 25.0 Å². The highest BCUT2D eigenvalue weighted by Crippen LogP contribution is 2.37. The van der Waals surface area contributed by atoms with Crippen LogP contribution in [0.25, 0.3) is 0 Å². The monoisotopic (exact) mass is 485 g/mol. The fourth-order valence-corrected chi connectivity index (χ4v) is 5.14. The standard InChI is InChI=1S/C21H22F3N3O5S/c22-21(23,24)18-13-16(8-9-19(18)27(29)30)25-14-20(28)15-6-5-7-17(12-15)33(31,32)26-10-3-1-2-4-11-26/h5-9,12-13,25H,1-4,10-11,14H2. The van der Waals surface area contributed by atoms with Crippen molar-refractivity contribution in [3.63, 3.8) is 0 Å². The molecule has 1 fully saturated rings. The van der Waals surface area contributed by atoms with Gasteiger partial charge in [0.1, 0.15) is 5.56 Å². The molecular formula is C21H22F3N3O5S. The largest absolute Gasteiger partial charge is 0.423 e. The fourth-order valence-electron chi connectivity index (χ4n) is 3.58. The van der Waals surface area contributed by atoms with Gasteiger partial charge in [-0.15, -0.1) is 0 Å². The van der Waals surface area contributed by atoms with E-state index in [0.29, 0.717) is 25.2 Å². The Morgan fingerprint density at radius 1 is 1.06 bits per heavy atom. The van der Waals surface area contributed by atoms with Crippen molar-refractivity contribution < 1.29 is 31.3 Å². The summed E-state index contributed by atoms with van der Waals surface area (Å²) in [5, 5.41) is 13.4. The zero-order chi connectivity index (χ0) is 24.2. The first-order valence-corrected chi connectivity index (χ1v) is 11.7. The summed E-state index contributed by atoms with van der Waals surface area (Å²) in [6.45, 7) is 0.385. The Morgan fingerprint density at radius 3 is 2.33 bits per heavy atom. The highest BCUT2D eigenvalue weighted by molar-refractivity contribution is 7.89. The number of nitro benzene ring substituents is 1. The minimum Gasteiger partial charge on any atom is -0.378 e. The van der Waals surface area contributed by atoms with E-state index in [1.165, 1.54) is 28.6 Å². The summed E-state index contributed by atoms with van der Waals surface area (Å²) in [4.78, 5) is 22.3. The van der Waals surface area contributed by atoms with Gasteiger partial charge in [0.25, 0.3) is 5.69 Å². The summed E-state index contributed by atoms with van der Waals surface area (Å²) in [5.74, 6) is -0.546. The molecule has 0 aliphatic carbocycles. The molecule has 33 heavy (non-hydrogen) atoms. The van der Waals surface area contributed by atoms with Gasteiger partial charge in [0.05, 0.1) is 16.4 Å². The maximum Gasteiger partial charge on any atom is 0.423 e. The van der Waals surface area contributed by atoms with E-state index in [0.717, 1.165) is 31.7 Å². The van der Waals surface area contributed by atoms with Crippen LogP contribution in [0.15, 0.2) is 47.4 Å². The van der Waals surface area contributed by atoms with E-state index in [1.807, 2.05) is 0 Å². The van der Waals surface area contributed by atoms with Gasteiger partial charge in [-0.1, -0.05) is 25.0 Å². The Kier molecular flexibility index (Phi) is 7.38. The number of carbonyl (C=O) groups excluding carboxylic acids is 1. The number of Topliss-reactive ketones (excluding diaryl/α,β-unsaturated/α-hetero) is 1. The third kappa shape index (κ3) is 5.88. The number of nitrogens with zero attached hydrogens (tertiary/aromatic N) is 2. The van der Waals surface area contributed by atoms with Crippen LogP contribution in [-0.2, 0) is 16.2 Å². The highest BCUT2D eigenvalue weighted by Gasteiger charge is 2.38. The molecule has 0 unspecified atom stereocenters. The lowest BCUT2D eigenvalue weighted by molar-refractivity contribution is -0.388. The maximum atomic E-state index is 13.1. The second kappa shape index (κ2) is 9.87. The van der Waals surface area contributed by atoms with Crippen LogP contribution in [0.5, 0.6) is 0 Å².